The molecule has 0 aliphatic rings. The van der Waals surface area contributed by atoms with Crippen molar-refractivity contribution >= 4 is 27.9 Å². The van der Waals surface area contributed by atoms with E-state index in [0.29, 0.717) is 0 Å². The topological polar surface area (TPSA) is 38.0 Å². The van der Waals surface area contributed by atoms with E-state index in [-0.39, 0.29) is 6.04 Å². The zero-order valence-electron chi connectivity index (χ0n) is 6.30. The molecular formula is C7H11ClN2S. The first-order chi connectivity index (χ1) is 5.18. The van der Waals surface area contributed by atoms with Gasteiger partial charge >= 0.3 is 0 Å². The Morgan fingerprint density at radius 1 is 1.73 bits per heavy atom. The van der Waals surface area contributed by atoms with Crippen molar-refractivity contribution in [1.29, 1.82) is 0 Å². The smallest absolute Gasteiger partial charge is 0.0950 e. The zero-order chi connectivity index (χ0) is 8.27. The van der Waals surface area contributed by atoms with E-state index in [1.54, 1.807) is 0 Å². The minimum atomic E-state index is 0.177. The summed E-state index contributed by atoms with van der Waals surface area (Å²) in [4.78, 5) is 0. The molecule has 62 valence electrons. The molecule has 1 heterocycles. The Balaban J connectivity index is 2.39. The lowest BCUT2D eigenvalue weighted by molar-refractivity contribution is 0.781. The predicted octanol–water partition coefficient (Wildman–Crippen LogP) is 2.16. The van der Waals surface area contributed by atoms with Crippen molar-refractivity contribution < 1.29 is 0 Å². The lowest BCUT2D eigenvalue weighted by Gasteiger charge is -2.05. The van der Waals surface area contributed by atoms with E-state index >= 15 is 0 Å². The Hall–Kier alpha value is -0.250. The summed E-state index contributed by atoms with van der Waals surface area (Å²) in [6.07, 6.45) is 0. The highest BCUT2D eigenvalue weighted by molar-refractivity contribution is 7.19. The first-order valence-corrected chi connectivity index (χ1v) is 4.62. The number of nitrogens with two attached hydrogens (primary N) is 1. The number of nitrogens with one attached hydrogen (secondary N) is 1. The molecule has 0 spiro atoms. The number of thiophene rings is 1. The van der Waals surface area contributed by atoms with Gasteiger partial charge < -0.3 is 11.1 Å². The Kier molecular flexibility index (Phi) is 3.17. The van der Waals surface area contributed by atoms with E-state index < -0.39 is 0 Å². The number of rotatable bonds is 3. The van der Waals surface area contributed by atoms with E-state index in [9.17, 15) is 0 Å². The van der Waals surface area contributed by atoms with Crippen LogP contribution in [0.1, 0.15) is 6.92 Å². The molecule has 0 fully saturated rings. The van der Waals surface area contributed by atoms with Crippen LogP contribution in [0.2, 0.25) is 4.34 Å². The van der Waals surface area contributed by atoms with Crippen LogP contribution in [0.5, 0.6) is 0 Å². The van der Waals surface area contributed by atoms with Crippen LogP contribution in [0, 0.1) is 0 Å². The molecule has 0 saturated heterocycles. The molecule has 0 bridgehead atoms. The molecule has 0 amide bonds. The average molecular weight is 191 g/mol. The fraction of sp³-hybridized carbons (Fsp3) is 0.429. The van der Waals surface area contributed by atoms with Gasteiger partial charge in [0.15, 0.2) is 0 Å². The van der Waals surface area contributed by atoms with Crippen molar-refractivity contribution in [2.24, 2.45) is 5.73 Å². The van der Waals surface area contributed by atoms with Crippen LogP contribution in [0.15, 0.2) is 12.1 Å². The largest absolute Gasteiger partial charge is 0.375 e. The molecule has 0 aromatic carbocycles. The van der Waals surface area contributed by atoms with Gasteiger partial charge in [0.25, 0.3) is 0 Å². The van der Waals surface area contributed by atoms with E-state index in [4.69, 9.17) is 17.3 Å². The van der Waals surface area contributed by atoms with Gasteiger partial charge in [0.2, 0.25) is 0 Å². The fourth-order valence-corrected chi connectivity index (χ4v) is 1.62. The second-order valence-corrected chi connectivity index (χ2v) is 4.18. The van der Waals surface area contributed by atoms with Gasteiger partial charge in [-0.2, -0.15) is 0 Å². The van der Waals surface area contributed by atoms with Crippen LogP contribution in [-0.4, -0.2) is 12.6 Å². The fourth-order valence-electron chi connectivity index (χ4n) is 0.671. The molecular weight excluding hydrogens is 180 g/mol. The van der Waals surface area contributed by atoms with E-state index in [1.165, 1.54) is 11.3 Å². The normalized spacial score (nSPS) is 13.0. The van der Waals surface area contributed by atoms with Gasteiger partial charge in [0.05, 0.1) is 9.34 Å². The van der Waals surface area contributed by atoms with E-state index in [0.717, 1.165) is 15.9 Å². The van der Waals surface area contributed by atoms with Gasteiger partial charge in [-0.25, -0.2) is 0 Å². The van der Waals surface area contributed by atoms with Crippen molar-refractivity contribution in [3.63, 3.8) is 0 Å². The molecule has 4 heteroatoms. The summed E-state index contributed by atoms with van der Waals surface area (Å²) in [5.41, 5.74) is 5.56. The van der Waals surface area contributed by atoms with Gasteiger partial charge in [-0.15, -0.1) is 11.3 Å². The zero-order valence-corrected chi connectivity index (χ0v) is 7.88. The average Bonchev–Trinajstić information content (AvgIpc) is 2.31. The lowest BCUT2D eigenvalue weighted by atomic mass is 10.4. The van der Waals surface area contributed by atoms with Gasteiger partial charge in [-0.1, -0.05) is 11.6 Å². The summed E-state index contributed by atoms with van der Waals surface area (Å²) in [5, 5.41) is 4.25. The Morgan fingerprint density at radius 3 is 2.91 bits per heavy atom. The maximum Gasteiger partial charge on any atom is 0.0950 e. The molecule has 1 rings (SSSR count). The third-order valence-corrected chi connectivity index (χ3v) is 2.36. The van der Waals surface area contributed by atoms with Crippen LogP contribution >= 0.6 is 22.9 Å². The molecule has 0 aliphatic heterocycles. The van der Waals surface area contributed by atoms with Crippen molar-refractivity contribution in [2.45, 2.75) is 13.0 Å². The van der Waals surface area contributed by atoms with Crippen molar-refractivity contribution in [1.82, 2.24) is 0 Å². The highest BCUT2D eigenvalue weighted by Gasteiger charge is 1.97. The van der Waals surface area contributed by atoms with Crippen LogP contribution in [0.4, 0.5) is 5.00 Å². The van der Waals surface area contributed by atoms with Crippen molar-refractivity contribution in [3.8, 4) is 0 Å². The number of hydrogen-bond acceptors (Lipinski definition) is 3. The number of anilines is 1. The minimum Gasteiger partial charge on any atom is -0.375 e. The Labute approximate surface area is 75.4 Å². The highest BCUT2D eigenvalue weighted by atomic mass is 35.5. The second kappa shape index (κ2) is 3.95. The van der Waals surface area contributed by atoms with Crippen molar-refractivity contribution in [3.05, 3.63) is 16.5 Å². The van der Waals surface area contributed by atoms with Gasteiger partial charge in [0.1, 0.15) is 0 Å². The maximum atomic E-state index is 5.72. The van der Waals surface area contributed by atoms with E-state index in [1.807, 2.05) is 19.1 Å². The predicted molar refractivity (Wildman–Crippen MR) is 51.5 cm³/mol. The van der Waals surface area contributed by atoms with Gasteiger partial charge in [0, 0.05) is 12.6 Å². The molecule has 0 aliphatic carbocycles. The van der Waals surface area contributed by atoms with E-state index in [2.05, 4.69) is 5.32 Å². The van der Waals surface area contributed by atoms with Crippen LogP contribution in [0.25, 0.3) is 0 Å². The number of hydrogen-bond donors (Lipinski definition) is 2. The SMILES string of the molecule is CC(N)CNc1ccc(Cl)s1. The first-order valence-electron chi connectivity index (χ1n) is 3.43. The molecule has 3 N–H and O–H groups in total. The first kappa shape index (κ1) is 8.84. The minimum absolute atomic E-state index is 0.177. The quantitative estimate of drug-likeness (QED) is 0.767. The van der Waals surface area contributed by atoms with Crippen LogP contribution < -0.4 is 11.1 Å². The molecule has 1 aromatic heterocycles. The summed E-state index contributed by atoms with van der Waals surface area (Å²) in [5.74, 6) is 0. The lowest BCUT2D eigenvalue weighted by Crippen LogP contribution is -2.24. The number of halogens is 1. The van der Waals surface area contributed by atoms with Crippen LogP contribution in [-0.2, 0) is 0 Å². The second-order valence-electron chi connectivity index (χ2n) is 2.46. The molecule has 0 radical (unpaired) electrons. The molecule has 11 heavy (non-hydrogen) atoms. The van der Waals surface area contributed by atoms with Crippen molar-refractivity contribution in [2.75, 3.05) is 11.9 Å². The Bertz CT molecular complexity index is 222. The summed E-state index contributed by atoms with van der Waals surface area (Å²) in [6, 6.07) is 4.00. The molecule has 1 aromatic rings. The molecule has 2 nitrogen and oxygen atoms in total. The van der Waals surface area contributed by atoms with Gasteiger partial charge in [-0.3, -0.25) is 0 Å². The summed E-state index contributed by atoms with van der Waals surface area (Å²) in [6.45, 7) is 2.75. The molecule has 1 atom stereocenters. The summed E-state index contributed by atoms with van der Waals surface area (Å²) in [7, 11) is 0. The monoisotopic (exact) mass is 190 g/mol. The summed E-state index contributed by atoms with van der Waals surface area (Å²) >= 11 is 7.25. The molecule has 0 saturated carbocycles. The maximum absolute atomic E-state index is 5.72. The third-order valence-electron chi connectivity index (χ3n) is 1.17. The molecule has 1 unspecified atom stereocenters. The standard InChI is InChI=1S/C7H11ClN2S/c1-5(9)4-10-7-3-2-6(8)11-7/h2-3,5,10H,4,9H2,1H3. The summed E-state index contributed by atoms with van der Waals surface area (Å²) < 4.78 is 0.803. The highest BCUT2D eigenvalue weighted by Crippen LogP contribution is 2.25. The van der Waals surface area contributed by atoms with Crippen LogP contribution in [0.3, 0.4) is 0 Å². The Morgan fingerprint density at radius 2 is 2.45 bits per heavy atom. The third kappa shape index (κ3) is 3.10. The van der Waals surface area contributed by atoms with Gasteiger partial charge in [-0.05, 0) is 19.1 Å².